The summed E-state index contributed by atoms with van der Waals surface area (Å²) in [4.78, 5) is 51.4. The molecule has 0 radical (unpaired) electrons. The lowest BCUT2D eigenvalue weighted by atomic mass is 10.0. The van der Waals surface area contributed by atoms with Crippen LogP contribution in [0, 0.1) is 5.92 Å². The molecule has 0 saturated heterocycles. The van der Waals surface area contributed by atoms with Crippen molar-refractivity contribution in [2.24, 2.45) is 5.92 Å². The van der Waals surface area contributed by atoms with Crippen LogP contribution in [-0.2, 0) is 16.1 Å². The third-order valence-corrected chi connectivity index (χ3v) is 5.16. The zero-order valence-corrected chi connectivity index (χ0v) is 18.0. The number of carbonyl (C=O) groups excluding carboxylic acids is 4. The molecule has 2 aromatic carbocycles. The minimum atomic E-state index is -1.05. The van der Waals surface area contributed by atoms with E-state index in [1.165, 1.54) is 14.0 Å². The van der Waals surface area contributed by atoms with Crippen LogP contribution in [0.2, 0.25) is 0 Å². The first-order valence-electron chi connectivity index (χ1n) is 10.1. The van der Waals surface area contributed by atoms with Crippen molar-refractivity contribution >= 4 is 23.6 Å². The van der Waals surface area contributed by atoms with Gasteiger partial charge in [0.15, 0.2) is 5.78 Å². The maximum Gasteiger partial charge on any atom is 0.329 e. The molecule has 1 heterocycles. The molecule has 2 aromatic rings. The zero-order chi connectivity index (χ0) is 22.7. The largest absolute Gasteiger partial charge is 0.496 e. The summed E-state index contributed by atoms with van der Waals surface area (Å²) < 4.78 is 10.8. The Labute approximate surface area is 180 Å². The van der Waals surface area contributed by atoms with Gasteiger partial charge in [-0.25, -0.2) is 4.79 Å². The van der Waals surface area contributed by atoms with Crippen molar-refractivity contribution < 1.29 is 28.7 Å². The maximum absolute atomic E-state index is 13.0. The predicted molar refractivity (Wildman–Crippen MR) is 113 cm³/mol. The van der Waals surface area contributed by atoms with E-state index in [1.807, 2.05) is 13.8 Å². The fraction of sp³-hybridized carbons (Fsp3) is 0.333. The number of Topliss-reactive ketones (excluding diaryl/α,β-unsaturated/α-hetero) is 1. The second-order valence-corrected chi connectivity index (χ2v) is 7.86. The molecule has 0 aromatic heterocycles. The van der Waals surface area contributed by atoms with Crippen molar-refractivity contribution in [2.45, 2.75) is 39.8 Å². The number of imide groups is 1. The number of fused-ring (bicyclic) bond motifs is 1. The van der Waals surface area contributed by atoms with Crippen molar-refractivity contribution in [3.8, 4) is 5.75 Å². The molecule has 0 unspecified atom stereocenters. The lowest BCUT2D eigenvalue weighted by Gasteiger charge is -2.26. The van der Waals surface area contributed by atoms with Gasteiger partial charge in [0, 0.05) is 11.1 Å². The maximum atomic E-state index is 13.0. The third kappa shape index (κ3) is 4.50. The first-order chi connectivity index (χ1) is 14.7. The van der Waals surface area contributed by atoms with Gasteiger partial charge in [-0.1, -0.05) is 26.0 Å². The molecule has 0 aliphatic carbocycles. The Kier molecular flexibility index (Phi) is 6.53. The number of esters is 1. The Hall–Kier alpha value is -3.48. The van der Waals surface area contributed by atoms with E-state index in [9.17, 15) is 19.2 Å². The molecule has 1 aliphatic rings. The molecule has 1 atom stereocenters. The number of ether oxygens (including phenoxy) is 2. The highest BCUT2D eigenvalue weighted by Crippen LogP contribution is 2.28. The van der Waals surface area contributed by atoms with Crippen LogP contribution in [0.3, 0.4) is 0 Å². The average Bonchev–Trinajstić information content (AvgIpc) is 3.00. The van der Waals surface area contributed by atoms with Crippen LogP contribution >= 0.6 is 0 Å². The summed E-state index contributed by atoms with van der Waals surface area (Å²) in [7, 11) is 1.48. The first kappa shape index (κ1) is 22.2. The smallest absolute Gasteiger partial charge is 0.329 e. The molecule has 2 amide bonds. The van der Waals surface area contributed by atoms with Crippen LogP contribution in [0.4, 0.5) is 0 Å². The zero-order valence-electron chi connectivity index (χ0n) is 18.0. The van der Waals surface area contributed by atoms with Crippen molar-refractivity contribution in [3.05, 3.63) is 64.7 Å². The number of rotatable bonds is 8. The van der Waals surface area contributed by atoms with E-state index in [-0.39, 0.29) is 35.9 Å². The summed E-state index contributed by atoms with van der Waals surface area (Å²) >= 11 is 0. The van der Waals surface area contributed by atoms with Gasteiger partial charge < -0.3 is 9.47 Å². The lowest BCUT2D eigenvalue weighted by molar-refractivity contribution is -0.150. The second kappa shape index (κ2) is 9.12. The topological polar surface area (TPSA) is 90.0 Å². The molecule has 1 aliphatic heterocycles. The molecule has 0 N–H and O–H groups in total. The lowest BCUT2D eigenvalue weighted by Crippen LogP contribution is -2.46. The standard InChI is InChI=1S/C24H25NO6/c1-14(2)11-20(25-22(27)18-7-5-6-8-19(18)23(25)28)24(29)31-13-17-12-16(15(3)26)9-10-21(17)30-4/h5-10,12,14,20H,11,13H2,1-4H3/t20-/m1/s1. The fourth-order valence-electron chi connectivity index (χ4n) is 3.60. The summed E-state index contributed by atoms with van der Waals surface area (Å²) in [5.74, 6) is -1.30. The third-order valence-electron chi connectivity index (χ3n) is 5.16. The van der Waals surface area contributed by atoms with Gasteiger partial charge in [0.05, 0.1) is 18.2 Å². The molecular weight excluding hydrogens is 398 g/mol. The van der Waals surface area contributed by atoms with Crippen LogP contribution in [0.5, 0.6) is 5.75 Å². The molecule has 0 saturated carbocycles. The van der Waals surface area contributed by atoms with E-state index < -0.39 is 23.8 Å². The SMILES string of the molecule is COc1ccc(C(C)=O)cc1COC(=O)[C@@H](CC(C)C)N1C(=O)c2ccccc2C1=O. The van der Waals surface area contributed by atoms with Crippen LogP contribution in [0.15, 0.2) is 42.5 Å². The Morgan fingerprint density at radius 3 is 2.13 bits per heavy atom. The van der Waals surface area contributed by atoms with E-state index in [2.05, 4.69) is 0 Å². The minimum absolute atomic E-state index is 0.0393. The predicted octanol–water partition coefficient (Wildman–Crippen LogP) is 3.65. The number of methoxy groups -OCH3 is 1. The quantitative estimate of drug-likeness (QED) is 0.366. The summed E-state index contributed by atoms with van der Waals surface area (Å²) in [6, 6.07) is 10.3. The molecule has 7 nitrogen and oxygen atoms in total. The highest BCUT2D eigenvalue weighted by atomic mass is 16.5. The minimum Gasteiger partial charge on any atom is -0.496 e. The van der Waals surface area contributed by atoms with E-state index in [1.54, 1.807) is 42.5 Å². The molecule has 0 fully saturated rings. The highest BCUT2D eigenvalue weighted by molar-refractivity contribution is 6.22. The van der Waals surface area contributed by atoms with Gasteiger partial charge in [0.25, 0.3) is 11.8 Å². The number of nitrogens with zero attached hydrogens (tertiary/aromatic N) is 1. The van der Waals surface area contributed by atoms with Gasteiger partial charge in [-0.2, -0.15) is 0 Å². The van der Waals surface area contributed by atoms with Crippen molar-refractivity contribution in [1.29, 1.82) is 0 Å². The van der Waals surface area contributed by atoms with Gasteiger partial charge in [-0.05, 0) is 49.6 Å². The van der Waals surface area contributed by atoms with Crippen molar-refractivity contribution in [2.75, 3.05) is 7.11 Å². The van der Waals surface area contributed by atoms with Crippen LogP contribution in [0.1, 0.15) is 63.8 Å². The Bertz CT molecular complexity index is 1010. The monoisotopic (exact) mass is 423 g/mol. The Morgan fingerprint density at radius 2 is 1.61 bits per heavy atom. The van der Waals surface area contributed by atoms with Crippen molar-refractivity contribution in [3.63, 3.8) is 0 Å². The van der Waals surface area contributed by atoms with Crippen LogP contribution in [-0.4, -0.2) is 41.6 Å². The summed E-state index contributed by atoms with van der Waals surface area (Å²) in [5, 5.41) is 0. The summed E-state index contributed by atoms with van der Waals surface area (Å²) in [5.41, 5.74) is 1.55. The van der Waals surface area contributed by atoms with Gasteiger partial charge in [0.1, 0.15) is 18.4 Å². The number of amides is 2. The molecule has 3 rings (SSSR count). The van der Waals surface area contributed by atoms with Gasteiger partial charge in [-0.15, -0.1) is 0 Å². The van der Waals surface area contributed by atoms with Crippen LogP contribution in [0.25, 0.3) is 0 Å². The molecule has 31 heavy (non-hydrogen) atoms. The van der Waals surface area contributed by atoms with Crippen LogP contribution < -0.4 is 4.74 Å². The second-order valence-electron chi connectivity index (χ2n) is 7.86. The van der Waals surface area contributed by atoms with Gasteiger partial charge in [-0.3, -0.25) is 19.3 Å². The average molecular weight is 423 g/mol. The number of carbonyl (C=O) groups is 4. The number of benzene rings is 2. The molecule has 7 heteroatoms. The number of hydrogen-bond acceptors (Lipinski definition) is 6. The van der Waals surface area contributed by atoms with Gasteiger partial charge >= 0.3 is 5.97 Å². The first-order valence-corrected chi connectivity index (χ1v) is 10.1. The molecule has 162 valence electrons. The Balaban J connectivity index is 1.84. The normalized spacial score (nSPS) is 13.9. The van der Waals surface area contributed by atoms with E-state index >= 15 is 0 Å². The van der Waals surface area contributed by atoms with E-state index in [0.29, 0.717) is 16.9 Å². The number of ketones is 1. The molecule has 0 spiro atoms. The van der Waals surface area contributed by atoms with E-state index in [0.717, 1.165) is 4.90 Å². The Morgan fingerprint density at radius 1 is 1.00 bits per heavy atom. The van der Waals surface area contributed by atoms with Gasteiger partial charge in [0.2, 0.25) is 0 Å². The molecule has 0 bridgehead atoms. The fourth-order valence-corrected chi connectivity index (χ4v) is 3.60. The van der Waals surface area contributed by atoms with Crippen molar-refractivity contribution in [1.82, 2.24) is 4.90 Å². The highest BCUT2D eigenvalue weighted by Gasteiger charge is 2.43. The molecular formula is C24H25NO6. The summed E-state index contributed by atoms with van der Waals surface area (Å²) in [6.07, 6.45) is 0.273. The van der Waals surface area contributed by atoms with E-state index in [4.69, 9.17) is 9.47 Å². The number of hydrogen-bond donors (Lipinski definition) is 0. The summed E-state index contributed by atoms with van der Waals surface area (Å²) in [6.45, 7) is 5.09.